The highest BCUT2D eigenvalue weighted by atomic mass is 19.3. The van der Waals surface area contributed by atoms with Gasteiger partial charge in [-0.15, -0.1) is 0 Å². The van der Waals surface area contributed by atoms with Crippen LogP contribution >= 0.6 is 0 Å². The maximum atomic E-state index is 13.9. The summed E-state index contributed by atoms with van der Waals surface area (Å²) in [6, 6.07) is 3.38. The molecule has 19 heavy (non-hydrogen) atoms. The molecule has 6 heteroatoms. The number of methoxy groups -OCH3 is 1. The van der Waals surface area contributed by atoms with Crippen molar-refractivity contribution in [2.75, 3.05) is 13.7 Å². The molecule has 1 rings (SSSR count). The third kappa shape index (κ3) is 3.07. The molecule has 1 aromatic carbocycles. The van der Waals surface area contributed by atoms with E-state index in [-0.39, 0.29) is 23.7 Å². The zero-order valence-electron chi connectivity index (χ0n) is 10.8. The van der Waals surface area contributed by atoms with Crippen LogP contribution in [0.1, 0.15) is 29.8 Å². The van der Waals surface area contributed by atoms with Gasteiger partial charge in [-0.25, -0.2) is 4.79 Å². The minimum absolute atomic E-state index is 0.151. The lowest BCUT2D eigenvalue weighted by molar-refractivity contribution is -0.173. The number of carbonyl (C=O) groups is 2. The molecule has 0 unspecified atom stereocenters. The Kier molecular flexibility index (Phi) is 4.58. The van der Waals surface area contributed by atoms with E-state index in [0.29, 0.717) is 0 Å². The molecule has 0 atom stereocenters. The highest BCUT2D eigenvalue weighted by Crippen LogP contribution is 2.36. The van der Waals surface area contributed by atoms with Crippen molar-refractivity contribution in [1.29, 1.82) is 0 Å². The number of hydrogen-bond acceptors (Lipinski definition) is 4. The summed E-state index contributed by atoms with van der Waals surface area (Å²) >= 11 is 0. The summed E-state index contributed by atoms with van der Waals surface area (Å²) in [7, 11) is 1.18. The molecule has 0 fully saturated rings. The third-order valence-electron chi connectivity index (χ3n) is 2.48. The van der Waals surface area contributed by atoms with Crippen LogP contribution in [0.3, 0.4) is 0 Å². The maximum Gasteiger partial charge on any atom is 0.382 e. The summed E-state index contributed by atoms with van der Waals surface area (Å²) in [4.78, 5) is 22.4. The molecule has 104 valence electrons. The fourth-order valence-electron chi connectivity index (χ4n) is 1.50. The van der Waals surface area contributed by atoms with Gasteiger partial charge in [0.15, 0.2) is 5.78 Å². The molecule has 0 heterocycles. The third-order valence-corrected chi connectivity index (χ3v) is 2.48. The van der Waals surface area contributed by atoms with Crippen LogP contribution in [0.25, 0.3) is 0 Å². The van der Waals surface area contributed by atoms with E-state index in [1.165, 1.54) is 33.1 Å². The van der Waals surface area contributed by atoms with Crippen LogP contribution < -0.4 is 4.74 Å². The Hall–Kier alpha value is -1.98. The van der Waals surface area contributed by atoms with E-state index in [1.807, 2.05) is 0 Å². The Morgan fingerprint density at radius 2 is 1.95 bits per heavy atom. The van der Waals surface area contributed by atoms with Crippen LogP contribution in [-0.4, -0.2) is 25.5 Å². The normalized spacial score (nSPS) is 11.0. The molecule has 0 aliphatic carbocycles. The predicted octanol–water partition coefficient (Wildman–Crippen LogP) is 2.55. The van der Waals surface area contributed by atoms with Gasteiger partial charge in [-0.2, -0.15) is 8.78 Å². The Morgan fingerprint density at radius 1 is 1.32 bits per heavy atom. The van der Waals surface area contributed by atoms with Gasteiger partial charge in [0.2, 0.25) is 0 Å². The van der Waals surface area contributed by atoms with E-state index >= 15 is 0 Å². The fourth-order valence-corrected chi connectivity index (χ4v) is 1.50. The SMILES string of the molecule is CCOC(=O)C(F)(F)c1ccc(C(C)=O)cc1OC. The number of Topliss-reactive ketones (excluding diaryl/α,β-unsaturated/α-hetero) is 1. The van der Waals surface area contributed by atoms with Crippen molar-refractivity contribution < 1.29 is 27.8 Å². The molecule has 0 saturated carbocycles. The summed E-state index contributed by atoms with van der Waals surface area (Å²) < 4.78 is 36.9. The van der Waals surface area contributed by atoms with Crippen LogP contribution in [-0.2, 0) is 15.5 Å². The second-order valence-electron chi connectivity index (χ2n) is 3.77. The van der Waals surface area contributed by atoms with Crippen molar-refractivity contribution in [3.8, 4) is 5.75 Å². The average Bonchev–Trinajstić information content (AvgIpc) is 2.38. The zero-order valence-corrected chi connectivity index (χ0v) is 10.8. The highest BCUT2D eigenvalue weighted by Gasteiger charge is 2.45. The zero-order chi connectivity index (χ0) is 14.6. The van der Waals surface area contributed by atoms with E-state index in [2.05, 4.69) is 4.74 Å². The summed E-state index contributed by atoms with van der Waals surface area (Å²) in [6.07, 6.45) is 0. The smallest absolute Gasteiger partial charge is 0.382 e. The first-order valence-electron chi connectivity index (χ1n) is 5.59. The standard InChI is InChI=1S/C13H14F2O4/c1-4-19-12(17)13(14,15)10-6-5-9(8(2)16)7-11(10)18-3/h5-7H,4H2,1-3H3. The van der Waals surface area contributed by atoms with Gasteiger partial charge >= 0.3 is 11.9 Å². The molecule has 0 aliphatic heterocycles. The maximum absolute atomic E-state index is 13.9. The number of ketones is 1. The summed E-state index contributed by atoms with van der Waals surface area (Å²) in [5.41, 5.74) is -0.404. The lowest BCUT2D eigenvalue weighted by Crippen LogP contribution is -2.29. The van der Waals surface area contributed by atoms with Crippen LogP contribution in [0.4, 0.5) is 8.78 Å². The van der Waals surface area contributed by atoms with Crippen LogP contribution in [0.2, 0.25) is 0 Å². The van der Waals surface area contributed by atoms with E-state index in [0.717, 1.165) is 6.07 Å². The van der Waals surface area contributed by atoms with Gasteiger partial charge in [-0.1, -0.05) is 6.07 Å². The number of hydrogen-bond donors (Lipinski definition) is 0. The largest absolute Gasteiger partial charge is 0.496 e. The second-order valence-corrected chi connectivity index (χ2v) is 3.77. The van der Waals surface area contributed by atoms with Gasteiger partial charge in [0.25, 0.3) is 0 Å². The number of halogens is 2. The molecule has 0 radical (unpaired) electrons. The highest BCUT2D eigenvalue weighted by molar-refractivity contribution is 5.94. The monoisotopic (exact) mass is 272 g/mol. The molecule has 0 saturated heterocycles. The van der Waals surface area contributed by atoms with Gasteiger partial charge < -0.3 is 9.47 Å². The van der Waals surface area contributed by atoms with E-state index < -0.39 is 17.5 Å². The second kappa shape index (κ2) is 5.77. The van der Waals surface area contributed by atoms with E-state index in [4.69, 9.17) is 4.74 Å². The van der Waals surface area contributed by atoms with Crippen molar-refractivity contribution in [2.45, 2.75) is 19.8 Å². The van der Waals surface area contributed by atoms with Crippen LogP contribution in [0, 0.1) is 0 Å². The number of ether oxygens (including phenoxy) is 2. The van der Waals surface area contributed by atoms with Crippen molar-refractivity contribution in [3.63, 3.8) is 0 Å². The summed E-state index contributed by atoms with van der Waals surface area (Å²) in [5, 5.41) is 0. The predicted molar refractivity (Wildman–Crippen MR) is 63.5 cm³/mol. The van der Waals surface area contributed by atoms with Crippen molar-refractivity contribution in [1.82, 2.24) is 0 Å². The van der Waals surface area contributed by atoms with Crippen molar-refractivity contribution >= 4 is 11.8 Å². The molecule has 0 aliphatic rings. The molecule has 0 aromatic heterocycles. The average molecular weight is 272 g/mol. The van der Waals surface area contributed by atoms with E-state index in [1.54, 1.807) is 0 Å². The van der Waals surface area contributed by atoms with Gasteiger partial charge in [0.1, 0.15) is 5.75 Å². The Bertz CT molecular complexity index is 497. The Labute approximate surface area is 109 Å². The molecule has 4 nitrogen and oxygen atoms in total. The first-order valence-corrected chi connectivity index (χ1v) is 5.59. The van der Waals surface area contributed by atoms with E-state index in [9.17, 15) is 18.4 Å². The first-order chi connectivity index (χ1) is 8.84. The van der Waals surface area contributed by atoms with Crippen molar-refractivity contribution in [2.24, 2.45) is 0 Å². The molecular weight excluding hydrogens is 258 g/mol. The molecule has 1 aromatic rings. The molecule has 0 bridgehead atoms. The molecule has 0 N–H and O–H groups in total. The lowest BCUT2D eigenvalue weighted by Gasteiger charge is -2.18. The van der Waals surface area contributed by atoms with Gasteiger partial charge in [0.05, 0.1) is 19.3 Å². The number of rotatable bonds is 5. The fraction of sp³-hybridized carbons (Fsp3) is 0.385. The summed E-state index contributed by atoms with van der Waals surface area (Å²) in [6.45, 7) is 2.59. The quantitative estimate of drug-likeness (QED) is 0.610. The molecule has 0 amide bonds. The van der Waals surface area contributed by atoms with Gasteiger partial charge in [0, 0.05) is 5.56 Å². The van der Waals surface area contributed by atoms with Crippen LogP contribution in [0.5, 0.6) is 5.75 Å². The van der Waals surface area contributed by atoms with Gasteiger partial charge in [-0.05, 0) is 26.0 Å². The minimum atomic E-state index is -3.82. The van der Waals surface area contributed by atoms with Crippen LogP contribution in [0.15, 0.2) is 18.2 Å². The number of alkyl halides is 2. The topological polar surface area (TPSA) is 52.6 Å². The number of esters is 1. The summed E-state index contributed by atoms with van der Waals surface area (Å²) in [5.74, 6) is -5.99. The van der Waals surface area contributed by atoms with Crippen molar-refractivity contribution in [3.05, 3.63) is 29.3 Å². The Balaban J connectivity index is 3.26. The van der Waals surface area contributed by atoms with Gasteiger partial charge in [-0.3, -0.25) is 4.79 Å². The minimum Gasteiger partial charge on any atom is -0.496 e. The number of carbonyl (C=O) groups excluding carboxylic acids is 2. The molecule has 0 spiro atoms. The number of benzene rings is 1. The Morgan fingerprint density at radius 3 is 2.42 bits per heavy atom. The first kappa shape index (κ1) is 15.1. The molecular formula is C13H14F2O4. The lowest BCUT2D eigenvalue weighted by atomic mass is 10.0.